The van der Waals surface area contributed by atoms with E-state index in [4.69, 9.17) is 4.74 Å². The van der Waals surface area contributed by atoms with Crippen molar-refractivity contribution in [3.63, 3.8) is 0 Å². The molecular weight excluding hydrogens is 507 g/mol. The van der Waals surface area contributed by atoms with Gasteiger partial charge < -0.3 is 9.30 Å². The highest BCUT2D eigenvalue weighted by molar-refractivity contribution is 7.92. The number of nitrogens with one attached hydrogen (secondary N) is 1. The molecule has 196 valence electrons. The van der Waals surface area contributed by atoms with Crippen LogP contribution in [0.2, 0.25) is 0 Å². The lowest BCUT2D eigenvalue weighted by Crippen LogP contribution is -2.39. The number of benzene rings is 3. The Hall–Kier alpha value is -4.44. The zero-order valence-electron chi connectivity index (χ0n) is 21.1. The standard InChI is InChI=1S/C28H27FN4O4S/c1-20-17-22(21(2)33(20)25-11-9-23(29)10-12-25)18-30-31-28(34)19-32(24-13-15-26(37-3)16-14-24)38(35,36)27-7-5-4-6-8-27/h4-18H,19H2,1-3H3,(H,31,34)/b30-18-. The van der Waals surface area contributed by atoms with Gasteiger partial charge in [0.2, 0.25) is 0 Å². The lowest BCUT2D eigenvalue weighted by Gasteiger charge is -2.23. The van der Waals surface area contributed by atoms with Crippen LogP contribution in [0, 0.1) is 19.7 Å². The molecular formula is C28H27FN4O4S. The van der Waals surface area contributed by atoms with Gasteiger partial charge in [-0.05, 0) is 80.6 Å². The Labute approximate surface area is 221 Å². The van der Waals surface area contributed by atoms with Crippen molar-refractivity contribution in [1.29, 1.82) is 0 Å². The lowest BCUT2D eigenvalue weighted by atomic mass is 10.2. The van der Waals surface area contributed by atoms with Crippen molar-refractivity contribution in [3.8, 4) is 11.4 Å². The molecule has 0 spiro atoms. The number of ether oxygens (including phenoxy) is 1. The van der Waals surface area contributed by atoms with Crippen LogP contribution in [0.25, 0.3) is 5.69 Å². The Kier molecular flexibility index (Phi) is 7.92. The van der Waals surface area contributed by atoms with Gasteiger partial charge in [-0.25, -0.2) is 18.2 Å². The summed E-state index contributed by atoms with van der Waals surface area (Å²) in [7, 11) is -2.53. The first kappa shape index (κ1) is 26.6. The number of halogens is 1. The van der Waals surface area contributed by atoms with E-state index in [-0.39, 0.29) is 10.7 Å². The maximum atomic E-state index is 13.4. The summed E-state index contributed by atoms with van der Waals surface area (Å²) in [6, 6.07) is 22.3. The maximum absolute atomic E-state index is 13.4. The number of sulfonamides is 1. The van der Waals surface area contributed by atoms with Crippen molar-refractivity contribution in [2.24, 2.45) is 5.10 Å². The van der Waals surface area contributed by atoms with E-state index in [0.29, 0.717) is 11.4 Å². The maximum Gasteiger partial charge on any atom is 0.264 e. The van der Waals surface area contributed by atoms with Crippen molar-refractivity contribution >= 4 is 27.8 Å². The number of hydrazone groups is 1. The van der Waals surface area contributed by atoms with Gasteiger partial charge in [0.05, 0.1) is 23.9 Å². The summed E-state index contributed by atoms with van der Waals surface area (Å²) in [6.45, 7) is 3.31. The first-order valence-electron chi connectivity index (χ1n) is 11.7. The van der Waals surface area contributed by atoms with Gasteiger partial charge in [0.15, 0.2) is 0 Å². The van der Waals surface area contributed by atoms with Gasteiger partial charge in [0, 0.05) is 22.6 Å². The smallest absolute Gasteiger partial charge is 0.264 e. The fourth-order valence-corrected chi connectivity index (χ4v) is 5.47. The van der Waals surface area contributed by atoms with Gasteiger partial charge in [0.25, 0.3) is 15.9 Å². The molecule has 1 amide bonds. The van der Waals surface area contributed by atoms with E-state index < -0.39 is 22.5 Å². The Morgan fingerprint density at radius 2 is 1.68 bits per heavy atom. The first-order valence-corrected chi connectivity index (χ1v) is 13.1. The van der Waals surface area contributed by atoms with Crippen molar-refractivity contribution in [2.75, 3.05) is 18.0 Å². The molecule has 1 heterocycles. The number of anilines is 1. The van der Waals surface area contributed by atoms with Crippen LogP contribution in [0.1, 0.15) is 17.0 Å². The molecule has 4 rings (SSSR count). The van der Waals surface area contributed by atoms with Crippen LogP contribution in [0.15, 0.2) is 94.9 Å². The highest BCUT2D eigenvalue weighted by atomic mass is 32.2. The minimum atomic E-state index is -4.04. The van der Waals surface area contributed by atoms with Gasteiger partial charge in [-0.3, -0.25) is 9.10 Å². The average molecular weight is 535 g/mol. The summed E-state index contributed by atoms with van der Waals surface area (Å²) in [5, 5.41) is 4.05. The van der Waals surface area contributed by atoms with Crippen LogP contribution >= 0.6 is 0 Å². The summed E-state index contributed by atoms with van der Waals surface area (Å²) < 4.78 is 48.3. The van der Waals surface area contributed by atoms with E-state index in [1.54, 1.807) is 54.6 Å². The first-order chi connectivity index (χ1) is 18.2. The summed E-state index contributed by atoms with van der Waals surface area (Å²) >= 11 is 0. The van der Waals surface area contributed by atoms with E-state index in [1.165, 1.54) is 37.6 Å². The molecule has 0 saturated heterocycles. The fraction of sp³-hybridized carbons (Fsp3) is 0.143. The van der Waals surface area contributed by atoms with Crippen molar-refractivity contribution < 1.29 is 22.3 Å². The molecule has 1 N–H and O–H groups in total. The number of amides is 1. The van der Waals surface area contributed by atoms with Crippen LogP contribution in [0.4, 0.5) is 10.1 Å². The Balaban J connectivity index is 1.54. The van der Waals surface area contributed by atoms with Gasteiger partial charge in [-0.2, -0.15) is 5.10 Å². The second-order valence-corrected chi connectivity index (χ2v) is 10.3. The fourth-order valence-electron chi connectivity index (χ4n) is 4.03. The number of carbonyl (C=O) groups excluding carboxylic acids is 1. The number of nitrogens with zero attached hydrogens (tertiary/aromatic N) is 3. The van der Waals surface area contributed by atoms with Crippen molar-refractivity contribution in [1.82, 2.24) is 9.99 Å². The van der Waals surface area contributed by atoms with Gasteiger partial charge in [-0.15, -0.1) is 0 Å². The third-order valence-corrected chi connectivity index (χ3v) is 7.71. The second kappa shape index (κ2) is 11.3. The SMILES string of the molecule is COc1ccc(N(CC(=O)N/N=C\c2cc(C)n(-c3ccc(F)cc3)c2C)S(=O)(=O)c2ccccc2)cc1. The number of carbonyl (C=O) groups is 1. The largest absolute Gasteiger partial charge is 0.497 e. The molecule has 0 aliphatic heterocycles. The van der Waals surface area contributed by atoms with Gasteiger partial charge in [-0.1, -0.05) is 18.2 Å². The average Bonchev–Trinajstić information content (AvgIpc) is 3.20. The molecule has 4 aromatic rings. The van der Waals surface area contributed by atoms with Crippen molar-refractivity contribution in [2.45, 2.75) is 18.7 Å². The molecule has 0 radical (unpaired) electrons. The summed E-state index contributed by atoms with van der Waals surface area (Å²) in [5.41, 5.74) is 6.02. The van der Waals surface area contributed by atoms with E-state index in [9.17, 15) is 17.6 Å². The van der Waals surface area contributed by atoms with Crippen molar-refractivity contribution in [3.05, 3.63) is 108 Å². The Morgan fingerprint density at radius 3 is 2.32 bits per heavy atom. The molecule has 0 aliphatic rings. The molecule has 1 aromatic heterocycles. The molecule has 10 heteroatoms. The predicted molar refractivity (Wildman–Crippen MR) is 145 cm³/mol. The Morgan fingerprint density at radius 1 is 1.03 bits per heavy atom. The zero-order valence-corrected chi connectivity index (χ0v) is 21.9. The normalized spacial score (nSPS) is 11.5. The van der Waals surface area contributed by atoms with E-state index in [0.717, 1.165) is 26.9 Å². The Bertz CT molecular complexity index is 1550. The van der Waals surface area contributed by atoms with Crippen LogP contribution in [-0.2, 0) is 14.8 Å². The van der Waals surface area contributed by atoms with Crippen LogP contribution in [-0.4, -0.2) is 38.8 Å². The molecule has 0 aliphatic carbocycles. The molecule has 0 atom stereocenters. The van der Waals surface area contributed by atoms with Crippen LogP contribution in [0.3, 0.4) is 0 Å². The number of hydrogen-bond acceptors (Lipinski definition) is 5. The topological polar surface area (TPSA) is 93.0 Å². The summed E-state index contributed by atoms with van der Waals surface area (Å²) in [6.07, 6.45) is 1.49. The molecule has 0 fully saturated rings. The third kappa shape index (κ3) is 5.76. The monoisotopic (exact) mass is 534 g/mol. The van der Waals surface area contributed by atoms with Gasteiger partial charge >= 0.3 is 0 Å². The van der Waals surface area contributed by atoms with Gasteiger partial charge in [0.1, 0.15) is 18.1 Å². The number of aryl methyl sites for hydroxylation is 1. The highest BCUT2D eigenvalue weighted by Gasteiger charge is 2.27. The summed E-state index contributed by atoms with van der Waals surface area (Å²) in [4.78, 5) is 12.9. The highest BCUT2D eigenvalue weighted by Crippen LogP contribution is 2.26. The second-order valence-electron chi connectivity index (χ2n) is 8.45. The quantitative estimate of drug-likeness (QED) is 0.251. The van der Waals surface area contributed by atoms with E-state index in [2.05, 4.69) is 10.5 Å². The molecule has 0 saturated carbocycles. The van der Waals surface area contributed by atoms with Crippen LogP contribution in [0.5, 0.6) is 5.75 Å². The molecule has 38 heavy (non-hydrogen) atoms. The molecule has 3 aromatic carbocycles. The number of aromatic nitrogens is 1. The minimum absolute atomic E-state index is 0.0559. The van der Waals surface area contributed by atoms with E-state index in [1.807, 2.05) is 24.5 Å². The minimum Gasteiger partial charge on any atom is -0.497 e. The third-order valence-electron chi connectivity index (χ3n) is 5.93. The van der Waals surface area contributed by atoms with E-state index >= 15 is 0 Å². The number of methoxy groups -OCH3 is 1. The number of hydrogen-bond donors (Lipinski definition) is 1. The molecule has 0 unspecified atom stereocenters. The summed E-state index contributed by atoms with van der Waals surface area (Å²) in [5.74, 6) is -0.388. The lowest BCUT2D eigenvalue weighted by molar-refractivity contribution is -0.119. The number of rotatable bonds is 9. The molecule has 8 nitrogen and oxygen atoms in total. The zero-order chi connectivity index (χ0) is 27.3. The van der Waals surface area contributed by atoms with Crippen LogP contribution < -0.4 is 14.5 Å². The predicted octanol–water partition coefficient (Wildman–Crippen LogP) is 4.59. The molecule has 0 bridgehead atoms.